The summed E-state index contributed by atoms with van der Waals surface area (Å²) in [7, 11) is 0. The molecule has 0 bridgehead atoms. The van der Waals surface area contributed by atoms with Gasteiger partial charge in [-0.25, -0.2) is 9.37 Å². The summed E-state index contributed by atoms with van der Waals surface area (Å²) in [5, 5.41) is 11.5. The van der Waals surface area contributed by atoms with Crippen LogP contribution in [0.4, 0.5) is 15.9 Å². The first-order valence-electron chi connectivity index (χ1n) is 8.62. The highest BCUT2D eigenvalue weighted by Crippen LogP contribution is 2.36. The molecule has 7 heteroatoms. The Hall–Kier alpha value is -2.96. The molecule has 1 saturated carbocycles. The van der Waals surface area contributed by atoms with Gasteiger partial charge in [0.05, 0.1) is 12.1 Å². The van der Waals surface area contributed by atoms with Crippen molar-refractivity contribution < 1.29 is 9.18 Å². The van der Waals surface area contributed by atoms with Crippen molar-refractivity contribution in [3.63, 3.8) is 0 Å². The minimum atomic E-state index is -1.03. The SMILES string of the molecule is CC(C)c1[nH]ncc1-c1cc(N)c2cnc(NC(=O)C3CC3F)cc2c1. The molecule has 0 aliphatic heterocycles. The first-order valence-corrected chi connectivity index (χ1v) is 8.62. The van der Waals surface area contributed by atoms with E-state index < -0.39 is 12.1 Å². The quantitative estimate of drug-likeness (QED) is 0.624. The van der Waals surface area contributed by atoms with E-state index in [-0.39, 0.29) is 12.3 Å². The summed E-state index contributed by atoms with van der Waals surface area (Å²) in [5.74, 6) is -0.188. The van der Waals surface area contributed by atoms with Crippen molar-refractivity contribution in [2.45, 2.75) is 32.4 Å². The van der Waals surface area contributed by atoms with Gasteiger partial charge in [0.1, 0.15) is 12.0 Å². The number of nitrogens with one attached hydrogen (secondary N) is 2. The van der Waals surface area contributed by atoms with Crippen LogP contribution in [0.3, 0.4) is 0 Å². The molecule has 26 heavy (non-hydrogen) atoms. The number of hydrogen-bond acceptors (Lipinski definition) is 4. The van der Waals surface area contributed by atoms with Crippen molar-refractivity contribution in [1.29, 1.82) is 0 Å². The number of benzene rings is 1. The summed E-state index contributed by atoms with van der Waals surface area (Å²) in [6, 6.07) is 5.66. The van der Waals surface area contributed by atoms with E-state index in [2.05, 4.69) is 34.3 Å². The Labute approximate surface area is 150 Å². The molecular weight excluding hydrogens is 333 g/mol. The topological polar surface area (TPSA) is 96.7 Å². The molecule has 4 N–H and O–H groups in total. The summed E-state index contributed by atoms with van der Waals surface area (Å²) < 4.78 is 13.0. The number of carbonyl (C=O) groups is 1. The zero-order valence-electron chi connectivity index (χ0n) is 14.6. The highest BCUT2D eigenvalue weighted by molar-refractivity contribution is 6.00. The molecule has 2 aromatic heterocycles. The monoisotopic (exact) mass is 353 g/mol. The molecule has 3 aromatic rings. The summed E-state index contributed by atoms with van der Waals surface area (Å²) in [5.41, 5.74) is 9.79. The van der Waals surface area contributed by atoms with Crippen LogP contribution in [0.25, 0.3) is 21.9 Å². The van der Waals surface area contributed by atoms with Gasteiger partial charge in [-0.15, -0.1) is 0 Å². The molecule has 1 fully saturated rings. The fraction of sp³-hybridized carbons (Fsp3) is 0.316. The summed E-state index contributed by atoms with van der Waals surface area (Å²) in [4.78, 5) is 16.2. The smallest absolute Gasteiger partial charge is 0.231 e. The maximum atomic E-state index is 13.0. The molecule has 1 aliphatic rings. The molecule has 1 aliphatic carbocycles. The van der Waals surface area contributed by atoms with Gasteiger partial charge in [-0.1, -0.05) is 13.8 Å². The van der Waals surface area contributed by atoms with Crippen LogP contribution in [-0.4, -0.2) is 27.3 Å². The Morgan fingerprint density at radius 3 is 2.81 bits per heavy atom. The molecule has 2 unspecified atom stereocenters. The number of hydrogen-bond donors (Lipinski definition) is 3. The predicted octanol–water partition coefficient (Wildman–Crippen LogP) is 3.63. The zero-order valence-corrected chi connectivity index (χ0v) is 14.6. The Bertz CT molecular complexity index is 997. The predicted molar refractivity (Wildman–Crippen MR) is 99.5 cm³/mol. The number of amides is 1. The maximum absolute atomic E-state index is 13.0. The molecule has 6 nitrogen and oxygen atoms in total. The van der Waals surface area contributed by atoms with E-state index in [1.807, 2.05) is 12.1 Å². The lowest BCUT2D eigenvalue weighted by atomic mass is 9.97. The maximum Gasteiger partial charge on any atom is 0.231 e. The van der Waals surface area contributed by atoms with Gasteiger partial charge in [-0.05, 0) is 41.5 Å². The highest BCUT2D eigenvalue weighted by Gasteiger charge is 2.43. The van der Waals surface area contributed by atoms with E-state index >= 15 is 0 Å². The Morgan fingerprint density at radius 2 is 2.12 bits per heavy atom. The number of nitrogen functional groups attached to an aromatic ring is 1. The molecule has 2 atom stereocenters. The second kappa shape index (κ2) is 6.09. The van der Waals surface area contributed by atoms with Crippen LogP contribution in [0.1, 0.15) is 31.9 Å². The average Bonchev–Trinajstić information content (AvgIpc) is 3.13. The zero-order chi connectivity index (χ0) is 18.4. The van der Waals surface area contributed by atoms with Crippen molar-refractivity contribution in [2.24, 2.45) is 5.92 Å². The third-order valence-electron chi connectivity index (χ3n) is 4.73. The molecule has 1 aromatic carbocycles. The number of halogens is 1. The van der Waals surface area contributed by atoms with Crippen LogP contribution in [0.5, 0.6) is 0 Å². The number of nitrogens with two attached hydrogens (primary N) is 1. The van der Waals surface area contributed by atoms with Crippen LogP contribution < -0.4 is 11.1 Å². The molecule has 1 amide bonds. The third-order valence-corrected chi connectivity index (χ3v) is 4.73. The fourth-order valence-electron chi connectivity index (χ4n) is 3.13. The van der Waals surface area contributed by atoms with Gasteiger partial charge < -0.3 is 11.1 Å². The largest absolute Gasteiger partial charge is 0.398 e. The van der Waals surface area contributed by atoms with Crippen molar-refractivity contribution in [1.82, 2.24) is 15.2 Å². The van der Waals surface area contributed by atoms with Crippen molar-refractivity contribution >= 4 is 28.2 Å². The van der Waals surface area contributed by atoms with Crippen LogP contribution >= 0.6 is 0 Å². The minimum Gasteiger partial charge on any atom is -0.398 e. The van der Waals surface area contributed by atoms with E-state index in [0.717, 1.165) is 27.6 Å². The molecule has 2 heterocycles. The summed E-state index contributed by atoms with van der Waals surface area (Å²) in [6.07, 6.45) is 2.67. The normalized spacial score (nSPS) is 19.1. The molecule has 0 spiro atoms. The number of carbonyl (C=O) groups excluding carboxylic acids is 1. The molecule has 134 valence electrons. The van der Waals surface area contributed by atoms with Gasteiger partial charge in [0.15, 0.2) is 0 Å². The molecule has 0 radical (unpaired) electrons. The molecule has 0 saturated heterocycles. The lowest BCUT2D eigenvalue weighted by Gasteiger charge is -2.11. The number of anilines is 2. The number of pyridine rings is 1. The number of nitrogens with zero attached hydrogens (tertiary/aromatic N) is 2. The van der Waals surface area contributed by atoms with Gasteiger partial charge in [0, 0.05) is 28.5 Å². The molecule has 4 rings (SSSR count). The van der Waals surface area contributed by atoms with Gasteiger partial charge in [0.25, 0.3) is 0 Å². The second-order valence-corrected chi connectivity index (χ2v) is 7.06. The molecular formula is C19H20FN5O. The third kappa shape index (κ3) is 2.89. The van der Waals surface area contributed by atoms with E-state index in [4.69, 9.17) is 5.73 Å². The standard InChI is InChI=1S/C19H20FN5O/c1-9(2)18-14(8-23-25-18)10-3-11-5-17(22-7-13(11)16(21)4-10)24-19(26)12-6-15(12)20/h3-5,7-9,12,15H,6,21H2,1-2H3,(H,23,25)(H,22,24,26). The number of aromatic nitrogens is 3. The number of H-pyrrole nitrogens is 1. The lowest BCUT2D eigenvalue weighted by Crippen LogP contribution is -2.15. The Kier molecular flexibility index (Phi) is 3.86. The minimum absolute atomic E-state index is 0.287. The number of aromatic amines is 1. The number of fused-ring (bicyclic) bond motifs is 1. The Balaban J connectivity index is 1.72. The van der Waals surface area contributed by atoms with Gasteiger partial charge in [-0.2, -0.15) is 5.10 Å². The lowest BCUT2D eigenvalue weighted by molar-refractivity contribution is -0.117. The van der Waals surface area contributed by atoms with Crippen molar-refractivity contribution in [2.75, 3.05) is 11.1 Å². The van der Waals surface area contributed by atoms with Crippen LogP contribution in [0.2, 0.25) is 0 Å². The van der Waals surface area contributed by atoms with E-state index in [0.29, 0.717) is 17.4 Å². The van der Waals surface area contributed by atoms with Crippen molar-refractivity contribution in [3.8, 4) is 11.1 Å². The van der Waals surface area contributed by atoms with Gasteiger partial charge >= 0.3 is 0 Å². The number of rotatable bonds is 4. The van der Waals surface area contributed by atoms with E-state index in [1.165, 1.54) is 0 Å². The fourth-order valence-corrected chi connectivity index (χ4v) is 3.13. The van der Waals surface area contributed by atoms with Gasteiger partial charge in [-0.3, -0.25) is 9.89 Å². The van der Waals surface area contributed by atoms with Crippen molar-refractivity contribution in [3.05, 3.63) is 36.3 Å². The average molecular weight is 353 g/mol. The first-order chi connectivity index (χ1) is 12.4. The van der Waals surface area contributed by atoms with E-state index in [1.54, 1.807) is 18.5 Å². The summed E-state index contributed by atoms with van der Waals surface area (Å²) in [6.45, 7) is 4.18. The van der Waals surface area contributed by atoms with Crippen LogP contribution in [-0.2, 0) is 4.79 Å². The van der Waals surface area contributed by atoms with Gasteiger partial charge in [0.2, 0.25) is 5.91 Å². The van der Waals surface area contributed by atoms with Crippen LogP contribution in [0, 0.1) is 5.92 Å². The number of alkyl halides is 1. The Morgan fingerprint density at radius 1 is 1.35 bits per heavy atom. The highest BCUT2D eigenvalue weighted by atomic mass is 19.1. The second-order valence-electron chi connectivity index (χ2n) is 7.06. The first kappa shape index (κ1) is 16.5. The van der Waals surface area contributed by atoms with E-state index in [9.17, 15) is 9.18 Å². The summed E-state index contributed by atoms with van der Waals surface area (Å²) >= 11 is 0. The van der Waals surface area contributed by atoms with Crippen LogP contribution in [0.15, 0.2) is 30.6 Å².